The highest BCUT2D eigenvalue weighted by Crippen LogP contribution is 2.22. The molecule has 20 heavy (non-hydrogen) atoms. The largest absolute Gasteiger partial charge is 0.493 e. The van der Waals surface area contributed by atoms with Gasteiger partial charge in [-0.2, -0.15) is 5.10 Å². The standard InChI is InChI=1S/C14H17FN2O3/c1-9-7-13(19)16-17-14(9)11-4-3-10(8-12(11)15)20-6-2-5-18/h3-4,8-9,18H,2,5-7H2,1H3,(H,16,19). The number of aliphatic hydroxyl groups is 1. The number of aliphatic hydroxyl groups excluding tert-OH is 1. The molecule has 6 heteroatoms. The third kappa shape index (κ3) is 3.33. The first-order valence-corrected chi connectivity index (χ1v) is 6.52. The summed E-state index contributed by atoms with van der Waals surface area (Å²) in [5.41, 5.74) is 3.27. The fourth-order valence-electron chi connectivity index (χ4n) is 2.03. The molecular weight excluding hydrogens is 263 g/mol. The summed E-state index contributed by atoms with van der Waals surface area (Å²) < 4.78 is 19.4. The summed E-state index contributed by atoms with van der Waals surface area (Å²) in [4.78, 5) is 11.2. The molecule has 0 saturated carbocycles. The molecule has 1 aromatic rings. The number of hydrogen-bond acceptors (Lipinski definition) is 4. The lowest BCUT2D eigenvalue weighted by Gasteiger charge is -2.19. The van der Waals surface area contributed by atoms with Crippen LogP contribution in [0.2, 0.25) is 0 Å². The molecule has 1 atom stereocenters. The van der Waals surface area contributed by atoms with E-state index in [0.717, 1.165) is 0 Å². The van der Waals surface area contributed by atoms with E-state index < -0.39 is 5.82 Å². The molecule has 1 aliphatic rings. The minimum atomic E-state index is -0.437. The van der Waals surface area contributed by atoms with Gasteiger partial charge in [-0.15, -0.1) is 0 Å². The van der Waals surface area contributed by atoms with Gasteiger partial charge < -0.3 is 9.84 Å². The second-order valence-electron chi connectivity index (χ2n) is 4.70. The minimum Gasteiger partial charge on any atom is -0.493 e. The van der Waals surface area contributed by atoms with Gasteiger partial charge >= 0.3 is 0 Å². The number of hydrazone groups is 1. The number of nitrogens with zero attached hydrogens (tertiary/aromatic N) is 1. The molecule has 5 nitrogen and oxygen atoms in total. The molecular formula is C14H17FN2O3. The number of benzene rings is 1. The van der Waals surface area contributed by atoms with Crippen LogP contribution in [-0.2, 0) is 4.79 Å². The fourth-order valence-corrected chi connectivity index (χ4v) is 2.03. The maximum Gasteiger partial charge on any atom is 0.240 e. The smallest absolute Gasteiger partial charge is 0.240 e. The van der Waals surface area contributed by atoms with Crippen molar-refractivity contribution in [2.75, 3.05) is 13.2 Å². The average Bonchev–Trinajstić information content (AvgIpc) is 2.40. The van der Waals surface area contributed by atoms with Crippen LogP contribution >= 0.6 is 0 Å². The monoisotopic (exact) mass is 280 g/mol. The predicted molar refractivity (Wildman–Crippen MR) is 72.1 cm³/mol. The van der Waals surface area contributed by atoms with Crippen LogP contribution in [-0.4, -0.2) is 29.9 Å². The van der Waals surface area contributed by atoms with E-state index in [1.165, 1.54) is 6.07 Å². The van der Waals surface area contributed by atoms with Crippen molar-refractivity contribution in [2.45, 2.75) is 19.8 Å². The topological polar surface area (TPSA) is 70.9 Å². The van der Waals surface area contributed by atoms with Gasteiger partial charge in [-0.3, -0.25) is 4.79 Å². The number of amides is 1. The summed E-state index contributed by atoms with van der Waals surface area (Å²) in [5, 5.41) is 12.6. The van der Waals surface area contributed by atoms with Gasteiger partial charge in [0.2, 0.25) is 5.91 Å². The minimum absolute atomic E-state index is 0.0363. The van der Waals surface area contributed by atoms with Crippen molar-refractivity contribution < 1.29 is 19.0 Å². The van der Waals surface area contributed by atoms with Crippen molar-refractivity contribution in [3.8, 4) is 5.75 Å². The van der Waals surface area contributed by atoms with E-state index in [2.05, 4.69) is 10.5 Å². The Morgan fingerprint density at radius 2 is 2.35 bits per heavy atom. The maximum absolute atomic E-state index is 14.1. The third-order valence-electron chi connectivity index (χ3n) is 3.05. The summed E-state index contributed by atoms with van der Waals surface area (Å²) in [7, 11) is 0. The van der Waals surface area contributed by atoms with E-state index in [1.54, 1.807) is 12.1 Å². The number of carbonyl (C=O) groups excluding carboxylic acids is 1. The molecule has 0 radical (unpaired) electrons. The van der Waals surface area contributed by atoms with Gasteiger partial charge in [0.25, 0.3) is 0 Å². The van der Waals surface area contributed by atoms with Crippen LogP contribution in [0.15, 0.2) is 23.3 Å². The Hall–Kier alpha value is -1.95. The first-order chi connectivity index (χ1) is 9.61. The molecule has 0 bridgehead atoms. The van der Waals surface area contributed by atoms with Crippen LogP contribution in [0.4, 0.5) is 4.39 Å². The van der Waals surface area contributed by atoms with Crippen molar-refractivity contribution in [3.63, 3.8) is 0 Å². The van der Waals surface area contributed by atoms with E-state index in [-0.39, 0.29) is 18.4 Å². The second kappa shape index (κ2) is 6.47. The molecule has 0 saturated heterocycles. The van der Waals surface area contributed by atoms with E-state index in [4.69, 9.17) is 9.84 Å². The molecule has 0 spiro atoms. The van der Waals surface area contributed by atoms with Gasteiger partial charge in [0.05, 0.1) is 12.3 Å². The highest BCUT2D eigenvalue weighted by molar-refractivity contribution is 6.05. The summed E-state index contributed by atoms with van der Waals surface area (Å²) in [6.45, 7) is 2.21. The van der Waals surface area contributed by atoms with Gasteiger partial charge in [-0.1, -0.05) is 6.92 Å². The van der Waals surface area contributed by atoms with Crippen LogP contribution in [0.1, 0.15) is 25.3 Å². The Morgan fingerprint density at radius 1 is 1.55 bits per heavy atom. The number of hydrogen-bond donors (Lipinski definition) is 2. The number of ether oxygens (including phenoxy) is 1. The zero-order valence-corrected chi connectivity index (χ0v) is 11.2. The van der Waals surface area contributed by atoms with Crippen LogP contribution in [0.25, 0.3) is 0 Å². The van der Waals surface area contributed by atoms with Gasteiger partial charge in [-0.05, 0) is 12.1 Å². The molecule has 0 aliphatic carbocycles. The van der Waals surface area contributed by atoms with Crippen molar-refractivity contribution in [1.29, 1.82) is 0 Å². The quantitative estimate of drug-likeness (QED) is 0.802. The van der Waals surface area contributed by atoms with Gasteiger partial charge in [0, 0.05) is 37.0 Å². The molecule has 0 fully saturated rings. The van der Waals surface area contributed by atoms with Crippen LogP contribution < -0.4 is 10.2 Å². The molecule has 1 heterocycles. The Bertz CT molecular complexity index is 531. The Kier molecular flexibility index (Phi) is 4.68. The SMILES string of the molecule is CC1CC(=O)NN=C1c1ccc(OCCCO)cc1F. The van der Waals surface area contributed by atoms with Crippen LogP contribution in [0.3, 0.4) is 0 Å². The zero-order valence-electron chi connectivity index (χ0n) is 11.2. The van der Waals surface area contributed by atoms with Gasteiger partial charge in [0.1, 0.15) is 11.6 Å². The van der Waals surface area contributed by atoms with Crippen LogP contribution in [0, 0.1) is 11.7 Å². The highest BCUT2D eigenvalue weighted by Gasteiger charge is 2.23. The van der Waals surface area contributed by atoms with Gasteiger partial charge in [-0.25, -0.2) is 9.82 Å². The van der Waals surface area contributed by atoms with Gasteiger partial charge in [0.15, 0.2) is 0 Å². The molecule has 0 aromatic heterocycles. The number of rotatable bonds is 5. The predicted octanol–water partition coefficient (Wildman–Crippen LogP) is 1.45. The lowest BCUT2D eigenvalue weighted by molar-refractivity contribution is -0.121. The number of carbonyl (C=O) groups is 1. The molecule has 2 N–H and O–H groups in total. The fraction of sp³-hybridized carbons (Fsp3) is 0.429. The Morgan fingerprint density at radius 3 is 3.00 bits per heavy atom. The van der Waals surface area contributed by atoms with E-state index in [9.17, 15) is 9.18 Å². The van der Waals surface area contributed by atoms with Crippen molar-refractivity contribution in [1.82, 2.24) is 5.43 Å². The van der Waals surface area contributed by atoms with Crippen molar-refractivity contribution in [2.24, 2.45) is 11.0 Å². The summed E-state index contributed by atoms with van der Waals surface area (Å²) in [6.07, 6.45) is 0.798. The van der Waals surface area contributed by atoms with E-state index in [0.29, 0.717) is 36.5 Å². The Balaban J connectivity index is 2.15. The lowest BCUT2D eigenvalue weighted by Crippen LogP contribution is -2.32. The average molecular weight is 280 g/mol. The maximum atomic E-state index is 14.1. The Labute approximate surface area is 116 Å². The second-order valence-corrected chi connectivity index (χ2v) is 4.70. The van der Waals surface area contributed by atoms with Crippen molar-refractivity contribution in [3.05, 3.63) is 29.6 Å². The summed E-state index contributed by atoms with van der Waals surface area (Å²) >= 11 is 0. The summed E-state index contributed by atoms with van der Waals surface area (Å²) in [5.74, 6) is -0.314. The first-order valence-electron chi connectivity index (χ1n) is 6.52. The number of halogens is 1. The molecule has 2 rings (SSSR count). The highest BCUT2D eigenvalue weighted by atomic mass is 19.1. The normalized spacial score (nSPS) is 18.4. The van der Waals surface area contributed by atoms with Crippen molar-refractivity contribution >= 4 is 11.6 Å². The number of nitrogens with one attached hydrogen (secondary N) is 1. The third-order valence-corrected chi connectivity index (χ3v) is 3.05. The van der Waals surface area contributed by atoms with E-state index >= 15 is 0 Å². The molecule has 1 amide bonds. The van der Waals surface area contributed by atoms with Crippen LogP contribution in [0.5, 0.6) is 5.75 Å². The lowest BCUT2D eigenvalue weighted by atomic mass is 9.94. The molecule has 1 unspecified atom stereocenters. The molecule has 1 aromatic carbocycles. The summed E-state index contributed by atoms with van der Waals surface area (Å²) in [6, 6.07) is 4.54. The zero-order chi connectivity index (χ0) is 14.5. The molecule has 1 aliphatic heterocycles. The molecule has 108 valence electrons. The first kappa shape index (κ1) is 14.5. The van der Waals surface area contributed by atoms with E-state index in [1.807, 2.05) is 6.92 Å².